The summed E-state index contributed by atoms with van der Waals surface area (Å²) >= 11 is 0. The SMILES string of the molecule is Cc1cccc(-[n+]2[c-]ccc3ccccc32)c1. The number of hydrogen-bond acceptors (Lipinski definition) is 0. The Balaban J connectivity index is 2.30. The van der Waals surface area contributed by atoms with Crippen molar-refractivity contribution in [3.05, 3.63) is 72.4 Å². The molecule has 3 rings (SSSR count). The average molecular weight is 219 g/mol. The predicted octanol–water partition coefficient (Wildman–Crippen LogP) is 3.23. The first kappa shape index (κ1) is 10.0. The van der Waals surface area contributed by atoms with Gasteiger partial charge in [0.05, 0.1) is 0 Å². The maximum Gasteiger partial charge on any atom is 0.152 e. The first-order valence-electron chi connectivity index (χ1n) is 5.73. The minimum Gasteiger partial charge on any atom is -0.278 e. The van der Waals surface area contributed by atoms with Crippen molar-refractivity contribution in [2.75, 3.05) is 0 Å². The van der Waals surface area contributed by atoms with Gasteiger partial charge in [-0.2, -0.15) is 0 Å². The molecule has 0 atom stereocenters. The third-order valence-corrected chi connectivity index (χ3v) is 2.90. The van der Waals surface area contributed by atoms with Gasteiger partial charge < -0.3 is 0 Å². The number of aromatic nitrogens is 1. The zero-order valence-corrected chi connectivity index (χ0v) is 9.72. The van der Waals surface area contributed by atoms with Crippen LogP contribution in [0.4, 0.5) is 0 Å². The van der Waals surface area contributed by atoms with Gasteiger partial charge in [0.25, 0.3) is 0 Å². The first-order chi connectivity index (χ1) is 8.34. The molecule has 1 heteroatoms. The van der Waals surface area contributed by atoms with Gasteiger partial charge in [-0.1, -0.05) is 42.0 Å². The van der Waals surface area contributed by atoms with Crippen LogP contribution in [0, 0.1) is 13.1 Å². The molecule has 0 saturated heterocycles. The fraction of sp³-hybridized carbons (Fsp3) is 0.0625. The zero-order valence-electron chi connectivity index (χ0n) is 9.72. The van der Waals surface area contributed by atoms with Crippen LogP contribution in [0.25, 0.3) is 16.6 Å². The summed E-state index contributed by atoms with van der Waals surface area (Å²) in [5.41, 5.74) is 3.60. The first-order valence-corrected chi connectivity index (χ1v) is 5.73. The van der Waals surface area contributed by atoms with Crippen molar-refractivity contribution in [3.63, 3.8) is 0 Å². The smallest absolute Gasteiger partial charge is 0.152 e. The molecule has 0 fully saturated rings. The molecule has 2 aromatic carbocycles. The molecule has 0 amide bonds. The summed E-state index contributed by atoms with van der Waals surface area (Å²) in [5, 5.41) is 1.23. The number of nitrogens with zero attached hydrogens (tertiary/aromatic N) is 1. The molecule has 0 aliphatic rings. The highest BCUT2D eigenvalue weighted by atomic mass is 15.0. The van der Waals surface area contributed by atoms with Crippen LogP contribution in [0.15, 0.2) is 60.7 Å². The normalized spacial score (nSPS) is 10.6. The van der Waals surface area contributed by atoms with Gasteiger partial charge in [-0.15, -0.1) is 6.07 Å². The number of para-hydroxylation sites is 1. The molecule has 1 nitrogen and oxygen atoms in total. The van der Waals surface area contributed by atoms with E-state index in [0.29, 0.717) is 0 Å². The lowest BCUT2D eigenvalue weighted by Crippen LogP contribution is -2.31. The monoisotopic (exact) mass is 219 g/mol. The van der Waals surface area contributed by atoms with Crippen LogP contribution in [0.2, 0.25) is 0 Å². The largest absolute Gasteiger partial charge is 0.278 e. The van der Waals surface area contributed by atoms with Gasteiger partial charge in [-0.05, 0) is 30.5 Å². The van der Waals surface area contributed by atoms with E-state index in [1.54, 1.807) is 0 Å². The van der Waals surface area contributed by atoms with E-state index < -0.39 is 0 Å². The van der Waals surface area contributed by atoms with E-state index in [-0.39, 0.29) is 0 Å². The van der Waals surface area contributed by atoms with Gasteiger partial charge in [0, 0.05) is 0 Å². The highest BCUT2D eigenvalue weighted by molar-refractivity contribution is 5.75. The Morgan fingerprint density at radius 3 is 2.71 bits per heavy atom. The second-order valence-electron chi connectivity index (χ2n) is 4.20. The van der Waals surface area contributed by atoms with Crippen molar-refractivity contribution < 1.29 is 4.57 Å². The van der Waals surface area contributed by atoms with E-state index in [4.69, 9.17) is 0 Å². The second-order valence-corrected chi connectivity index (χ2v) is 4.20. The molecule has 17 heavy (non-hydrogen) atoms. The fourth-order valence-corrected chi connectivity index (χ4v) is 2.08. The second kappa shape index (κ2) is 4.02. The van der Waals surface area contributed by atoms with Crippen LogP contribution in [0.5, 0.6) is 0 Å². The highest BCUT2D eigenvalue weighted by Crippen LogP contribution is 2.11. The third kappa shape index (κ3) is 1.80. The van der Waals surface area contributed by atoms with Gasteiger partial charge in [0.2, 0.25) is 0 Å². The molecule has 0 aliphatic carbocycles. The van der Waals surface area contributed by atoms with Crippen molar-refractivity contribution in [2.45, 2.75) is 6.92 Å². The number of pyridine rings is 1. The van der Waals surface area contributed by atoms with Crippen LogP contribution in [0.1, 0.15) is 5.56 Å². The van der Waals surface area contributed by atoms with E-state index in [1.807, 2.05) is 6.07 Å². The molecule has 0 spiro atoms. The summed E-state index contributed by atoms with van der Waals surface area (Å²) in [4.78, 5) is 0. The van der Waals surface area contributed by atoms with Gasteiger partial charge in [-0.3, -0.25) is 4.57 Å². The van der Waals surface area contributed by atoms with Gasteiger partial charge in [0.1, 0.15) is 11.2 Å². The Kier molecular flexibility index (Phi) is 2.37. The maximum atomic E-state index is 3.27. The Hall–Kier alpha value is -2.15. The van der Waals surface area contributed by atoms with Crippen molar-refractivity contribution in [1.29, 1.82) is 0 Å². The molecule has 0 N–H and O–H groups in total. The predicted molar refractivity (Wildman–Crippen MR) is 69.1 cm³/mol. The summed E-state index contributed by atoms with van der Waals surface area (Å²) in [5.74, 6) is 0. The van der Waals surface area contributed by atoms with Crippen molar-refractivity contribution >= 4 is 10.9 Å². The number of aryl methyl sites for hydroxylation is 1. The summed E-state index contributed by atoms with van der Waals surface area (Å²) in [7, 11) is 0. The summed E-state index contributed by atoms with van der Waals surface area (Å²) in [6.45, 7) is 2.11. The Morgan fingerprint density at radius 2 is 1.82 bits per heavy atom. The molecule has 0 saturated carbocycles. The summed E-state index contributed by atoms with van der Waals surface area (Å²) < 4.78 is 2.10. The summed E-state index contributed by atoms with van der Waals surface area (Å²) in [6, 6.07) is 20.9. The molecule has 1 aromatic heterocycles. The minimum atomic E-state index is 1.15. The number of benzene rings is 2. The summed E-state index contributed by atoms with van der Waals surface area (Å²) in [6.07, 6.45) is 3.27. The molecular weight excluding hydrogens is 206 g/mol. The van der Waals surface area contributed by atoms with Crippen molar-refractivity contribution in [1.82, 2.24) is 0 Å². The van der Waals surface area contributed by atoms with E-state index in [1.165, 1.54) is 16.5 Å². The minimum absolute atomic E-state index is 1.15. The quantitative estimate of drug-likeness (QED) is 0.437. The van der Waals surface area contributed by atoms with Crippen LogP contribution in [-0.2, 0) is 0 Å². The lowest BCUT2D eigenvalue weighted by atomic mass is 10.2. The van der Waals surface area contributed by atoms with Crippen molar-refractivity contribution in [2.24, 2.45) is 0 Å². The molecule has 3 aromatic rings. The molecule has 0 aliphatic heterocycles. The van der Waals surface area contributed by atoms with Gasteiger partial charge in [-0.25, -0.2) is 0 Å². The number of rotatable bonds is 1. The molecule has 0 radical (unpaired) electrons. The highest BCUT2D eigenvalue weighted by Gasteiger charge is 2.03. The molecule has 0 unspecified atom stereocenters. The fourth-order valence-electron chi connectivity index (χ4n) is 2.08. The Morgan fingerprint density at radius 1 is 0.941 bits per heavy atom. The number of fused-ring (bicyclic) bond motifs is 1. The molecule has 1 heterocycles. The number of hydrogen-bond donors (Lipinski definition) is 0. The Labute approximate surface area is 101 Å². The van der Waals surface area contributed by atoms with Crippen LogP contribution in [0.3, 0.4) is 0 Å². The Bertz CT molecular complexity index is 666. The average Bonchev–Trinajstić information content (AvgIpc) is 2.38. The van der Waals surface area contributed by atoms with E-state index in [9.17, 15) is 0 Å². The van der Waals surface area contributed by atoms with Crippen LogP contribution in [-0.4, -0.2) is 0 Å². The van der Waals surface area contributed by atoms with Crippen LogP contribution >= 0.6 is 0 Å². The molecule has 0 bridgehead atoms. The van der Waals surface area contributed by atoms with Crippen LogP contribution < -0.4 is 4.57 Å². The van der Waals surface area contributed by atoms with E-state index in [2.05, 4.69) is 72.3 Å². The zero-order chi connectivity index (χ0) is 11.7. The third-order valence-electron chi connectivity index (χ3n) is 2.90. The molecular formula is C16H13N. The molecule has 82 valence electrons. The van der Waals surface area contributed by atoms with Gasteiger partial charge >= 0.3 is 0 Å². The van der Waals surface area contributed by atoms with Gasteiger partial charge in [0.15, 0.2) is 6.20 Å². The van der Waals surface area contributed by atoms with Crippen molar-refractivity contribution in [3.8, 4) is 5.69 Å². The lowest BCUT2D eigenvalue weighted by Gasteiger charge is -2.07. The topological polar surface area (TPSA) is 3.88 Å². The standard InChI is InChI=1S/C16H13N/c1-13-6-4-9-15(12-13)17-11-5-8-14-7-2-3-10-16(14)17/h2-10,12H,1H3. The maximum absolute atomic E-state index is 3.27. The van der Waals surface area contributed by atoms with E-state index >= 15 is 0 Å². The lowest BCUT2D eigenvalue weighted by molar-refractivity contribution is -0.571. The van der Waals surface area contributed by atoms with E-state index in [0.717, 1.165) is 5.69 Å².